The number of esters is 1. The van der Waals surface area contributed by atoms with Gasteiger partial charge in [-0.15, -0.1) is 0 Å². The number of benzene rings is 4. The normalized spacial score (nSPS) is 19.2. The van der Waals surface area contributed by atoms with Crippen molar-refractivity contribution in [2.75, 3.05) is 12.3 Å². The molecule has 1 aliphatic heterocycles. The van der Waals surface area contributed by atoms with E-state index >= 15 is 8.78 Å². The summed E-state index contributed by atoms with van der Waals surface area (Å²) in [5.74, 6) is -4.98. The van der Waals surface area contributed by atoms with Crippen LogP contribution < -0.4 is 11.4 Å². The Kier molecular flexibility index (Phi) is 8.25. The van der Waals surface area contributed by atoms with Crippen molar-refractivity contribution in [1.29, 1.82) is 0 Å². The van der Waals surface area contributed by atoms with Gasteiger partial charge in [-0.1, -0.05) is 109 Å². The van der Waals surface area contributed by atoms with Crippen molar-refractivity contribution in [2.45, 2.75) is 30.0 Å². The van der Waals surface area contributed by atoms with Crippen LogP contribution >= 0.6 is 0 Å². The molecule has 4 aromatic carbocycles. The Hall–Kier alpha value is -5.19. The molecule has 2 N–H and O–H groups in total. The van der Waals surface area contributed by atoms with Gasteiger partial charge in [0.2, 0.25) is 6.23 Å². The second-order valence-corrected chi connectivity index (χ2v) is 10.5. The Balaban J connectivity index is 1.43. The fourth-order valence-electron chi connectivity index (χ4n) is 5.59. The number of hydrogen-bond acceptors (Lipinski definition) is 7. The molecule has 0 unspecified atom stereocenters. The number of ether oxygens (including phenoxy) is 3. The van der Waals surface area contributed by atoms with Crippen LogP contribution in [0.1, 0.15) is 33.3 Å². The summed E-state index contributed by atoms with van der Waals surface area (Å²) < 4.78 is 51.3. The molecule has 228 valence electrons. The van der Waals surface area contributed by atoms with Crippen molar-refractivity contribution in [3.8, 4) is 0 Å². The zero-order chi connectivity index (χ0) is 31.4. The third-order valence-corrected chi connectivity index (χ3v) is 7.70. The standard InChI is InChI=1S/C35H29F2N3O5/c36-35(37)30(45-31(41)24-13-5-1-6-14-24)28(44-32(35)40-22-21-29(38)39-33(40)42)23-43-34(25-15-7-2-8-16-25,26-17-9-3-10-18-26)27-19-11-4-12-20-27/h1-22,28,30,32H,23H2,(H2,38,39,42)/t28-,30-,32-/m1/s1. The Labute approximate surface area is 257 Å². The van der Waals surface area contributed by atoms with Gasteiger partial charge in [0.25, 0.3) is 0 Å². The number of anilines is 1. The number of halogens is 2. The van der Waals surface area contributed by atoms with Gasteiger partial charge in [0.05, 0.1) is 12.2 Å². The SMILES string of the molecule is Nc1ccn([C@@H]2O[C@H](COC(c3ccccc3)(c3ccccc3)c3ccccc3)[C@@H](OC(=O)c3ccccc3)C2(F)F)c(=O)n1. The van der Waals surface area contributed by atoms with Gasteiger partial charge in [-0.05, 0) is 34.9 Å². The minimum Gasteiger partial charge on any atom is -0.449 e. The van der Waals surface area contributed by atoms with Crippen LogP contribution in [0.4, 0.5) is 14.6 Å². The summed E-state index contributed by atoms with van der Waals surface area (Å²) in [5, 5.41) is 0. The van der Waals surface area contributed by atoms with Gasteiger partial charge in [0.15, 0.2) is 6.10 Å². The van der Waals surface area contributed by atoms with E-state index in [9.17, 15) is 9.59 Å². The molecule has 0 amide bonds. The zero-order valence-electron chi connectivity index (χ0n) is 23.9. The molecular formula is C35H29F2N3O5. The van der Waals surface area contributed by atoms with Gasteiger partial charge in [-0.2, -0.15) is 13.8 Å². The lowest BCUT2D eigenvalue weighted by molar-refractivity contribution is -0.143. The quantitative estimate of drug-likeness (QED) is 0.172. The maximum absolute atomic E-state index is 16.3. The largest absolute Gasteiger partial charge is 0.449 e. The Morgan fingerprint density at radius 2 is 1.31 bits per heavy atom. The van der Waals surface area contributed by atoms with E-state index in [1.54, 1.807) is 18.2 Å². The first-order valence-corrected chi connectivity index (χ1v) is 14.2. The molecule has 0 bridgehead atoms. The number of hydrogen-bond donors (Lipinski definition) is 1. The van der Waals surface area contributed by atoms with Crippen molar-refractivity contribution < 1.29 is 27.8 Å². The van der Waals surface area contributed by atoms with Gasteiger partial charge in [-0.3, -0.25) is 4.57 Å². The first-order chi connectivity index (χ1) is 21.8. The van der Waals surface area contributed by atoms with Crippen molar-refractivity contribution >= 4 is 11.8 Å². The number of aromatic nitrogens is 2. The maximum atomic E-state index is 16.3. The van der Waals surface area contributed by atoms with Gasteiger partial charge in [-0.25, -0.2) is 9.59 Å². The van der Waals surface area contributed by atoms with Crippen LogP contribution in [0.25, 0.3) is 0 Å². The topological polar surface area (TPSA) is 106 Å². The molecule has 3 atom stereocenters. The summed E-state index contributed by atoms with van der Waals surface area (Å²) in [7, 11) is 0. The van der Waals surface area contributed by atoms with E-state index < -0.39 is 48.2 Å². The summed E-state index contributed by atoms with van der Waals surface area (Å²) in [6.07, 6.45) is -4.71. The Morgan fingerprint density at radius 3 is 1.80 bits per heavy atom. The van der Waals surface area contributed by atoms with E-state index in [0.717, 1.165) is 22.9 Å². The Morgan fingerprint density at radius 1 is 0.822 bits per heavy atom. The van der Waals surface area contributed by atoms with E-state index in [4.69, 9.17) is 19.9 Å². The van der Waals surface area contributed by atoms with Crippen molar-refractivity contribution in [1.82, 2.24) is 9.55 Å². The zero-order valence-corrected chi connectivity index (χ0v) is 23.9. The van der Waals surface area contributed by atoms with Crippen molar-refractivity contribution in [2.24, 2.45) is 0 Å². The highest BCUT2D eigenvalue weighted by Crippen LogP contribution is 2.46. The predicted octanol–water partition coefficient (Wildman–Crippen LogP) is 5.59. The molecule has 0 aliphatic carbocycles. The van der Waals surface area contributed by atoms with Crippen LogP contribution in [0.15, 0.2) is 138 Å². The average molecular weight is 610 g/mol. The molecule has 6 rings (SSSR count). The molecule has 0 saturated carbocycles. The van der Waals surface area contributed by atoms with Gasteiger partial charge >= 0.3 is 17.6 Å². The molecule has 1 fully saturated rings. The van der Waals surface area contributed by atoms with E-state index in [1.807, 2.05) is 91.0 Å². The molecule has 0 spiro atoms. The van der Waals surface area contributed by atoms with E-state index in [2.05, 4.69) is 4.98 Å². The second kappa shape index (κ2) is 12.4. The fourth-order valence-corrected chi connectivity index (χ4v) is 5.59. The predicted molar refractivity (Wildman–Crippen MR) is 163 cm³/mol. The van der Waals surface area contributed by atoms with Crippen LogP contribution in [0.5, 0.6) is 0 Å². The summed E-state index contributed by atoms with van der Waals surface area (Å²) in [4.78, 5) is 29.3. The molecule has 1 aliphatic rings. The number of nitrogens with two attached hydrogens (primary N) is 1. The first kappa shape index (κ1) is 29.9. The van der Waals surface area contributed by atoms with Gasteiger partial charge < -0.3 is 19.9 Å². The minimum atomic E-state index is -3.87. The molecule has 2 heterocycles. The van der Waals surface area contributed by atoms with E-state index in [-0.39, 0.29) is 11.4 Å². The highest BCUT2D eigenvalue weighted by atomic mass is 19.3. The number of carbonyl (C=O) groups is 1. The lowest BCUT2D eigenvalue weighted by Crippen LogP contribution is -2.45. The lowest BCUT2D eigenvalue weighted by Gasteiger charge is -2.37. The Bertz CT molecular complexity index is 1710. The van der Waals surface area contributed by atoms with E-state index in [1.165, 1.54) is 18.2 Å². The number of nitrogens with zero attached hydrogens (tertiary/aromatic N) is 2. The summed E-state index contributed by atoms with van der Waals surface area (Å²) in [6.45, 7) is -0.450. The number of carbonyl (C=O) groups excluding carboxylic acids is 1. The van der Waals surface area contributed by atoms with Crippen LogP contribution in [0.3, 0.4) is 0 Å². The number of rotatable bonds is 9. The molecule has 8 nitrogen and oxygen atoms in total. The molecule has 0 radical (unpaired) electrons. The minimum absolute atomic E-state index is 0.0786. The summed E-state index contributed by atoms with van der Waals surface area (Å²) >= 11 is 0. The average Bonchev–Trinajstić information content (AvgIpc) is 3.31. The van der Waals surface area contributed by atoms with Crippen LogP contribution in [-0.4, -0.2) is 40.3 Å². The van der Waals surface area contributed by atoms with Gasteiger partial charge in [0, 0.05) is 6.20 Å². The number of alkyl halides is 2. The molecular weight excluding hydrogens is 580 g/mol. The van der Waals surface area contributed by atoms with Crippen LogP contribution in [-0.2, 0) is 19.8 Å². The molecule has 45 heavy (non-hydrogen) atoms. The monoisotopic (exact) mass is 609 g/mol. The fraction of sp³-hybridized carbons (Fsp3) is 0.171. The lowest BCUT2D eigenvalue weighted by atomic mass is 9.80. The van der Waals surface area contributed by atoms with Crippen molar-refractivity contribution in [3.63, 3.8) is 0 Å². The van der Waals surface area contributed by atoms with Crippen molar-refractivity contribution in [3.05, 3.63) is 166 Å². The molecule has 1 saturated heterocycles. The summed E-state index contributed by atoms with van der Waals surface area (Å²) in [5.41, 5.74) is 5.58. The van der Waals surface area contributed by atoms with Crippen LogP contribution in [0, 0.1) is 0 Å². The smallest absolute Gasteiger partial charge is 0.351 e. The third kappa shape index (κ3) is 5.73. The molecule has 10 heteroatoms. The summed E-state index contributed by atoms with van der Waals surface area (Å²) in [6, 6.07) is 37.1. The number of nitrogen functional groups attached to an aromatic ring is 1. The highest BCUT2D eigenvalue weighted by molar-refractivity contribution is 5.89. The van der Waals surface area contributed by atoms with E-state index in [0.29, 0.717) is 4.57 Å². The third-order valence-electron chi connectivity index (χ3n) is 7.70. The molecule has 5 aromatic rings. The maximum Gasteiger partial charge on any atom is 0.351 e. The second-order valence-electron chi connectivity index (χ2n) is 10.5. The van der Waals surface area contributed by atoms with Crippen LogP contribution in [0.2, 0.25) is 0 Å². The highest BCUT2D eigenvalue weighted by Gasteiger charge is 2.63. The van der Waals surface area contributed by atoms with Gasteiger partial charge in [0.1, 0.15) is 17.5 Å². The molecule has 1 aromatic heterocycles. The first-order valence-electron chi connectivity index (χ1n) is 14.2.